The number of methoxy groups -OCH3 is 1. The molecule has 0 N–H and O–H groups in total. The second-order valence-electron chi connectivity index (χ2n) is 7.97. The number of esters is 1. The molecule has 1 heterocycles. The highest BCUT2D eigenvalue weighted by atomic mass is 16.5. The highest BCUT2D eigenvalue weighted by Gasteiger charge is 2.17. The van der Waals surface area contributed by atoms with Crippen molar-refractivity contribution >= 4 is 22.6 Å². The molecule has 0 aliphatic heterocycles. The largest absolute Gasteiger partial charge is 0.465 e. The Kier molecular flexibility index (Phi) is 6.54. The highest BCUT2D eigenvalue weighted by molar-refractivity contribution is 5.91. The molecule has 6 heteroatoms. The number of aryl methyl sites for hydroxylation is 1. The summed E-state index contributed by atoms with van der Waals surface area (Å²) in [6.07, 6.45) is 1.61. The summed E-state index contributed by atoms with van der Waals surface area (Å²) in [4.78, 5) is 32.4. The van der Waals surface area contributed by atoms with E-state index in [1.54, 1.807) is 16.7 Å². The number of hydrogen-bond acceptors (Lipinski definition) is 5. The van der Waals surface area contributed by atoms with Crippen LogP contribution < -0.4 is 10.5 Å². The van der Waals surface area contributed by atoms with Crippen LogP contribution in [0.3, 0.4) is 0 Å². The van der Waals surface area contributed by atoms with Crippen LogP contribution in [0.4, 0.5) is 5.69 Å². The van der Waals surface area contributed by atoms with Gasteiger partial charge in [0.1, 0.15) is 5.82 Å². The number of carbonyl (C=O) groups is 1. The third-order valence-corrected chi connectivity index (χ3v) is 5.64. The Labute approximate surface area is 193 Å². The van der Waals surface area contributed by atoms with E-state index in [0.717, 1.165) is 29.2 Å². The van der Waals surface area contributed by atoms with E-state index in [2.05, 4.69) is 6.92 Å². The van der Waals surface area contributed by atoms with Crippen LogP contribution in [0.5, 0.6) is 0 Å². The van der Waals surface area contributed by atoms with Crippen LogP contribution in [0.1, 0.15) is 35.1 Å². The van der Waals surface area contributed by atoms with Gasteiger partial charge in [0.25, 0.3) is 5.56 Å². The van der Waals surface area contributed by atoms with Crippen LogP contribution in [-0.4, -0.2) is 29.7 Å². The van der Waals surface area contributed by atoms with Gasteiger partial charge in [0.2, 0.25) is 0 Å². The molecule has 1 aromatic heterocycles. The van der Waals surface area contributed by atoms with Crippen LogP contribution >= 0.6 is 0 Å². The fourth-order valence-corrected chi connectivity index (χ4v) is 4.03. The lowest BCUT2D eigenvalue weighted by Crippen LogP contribution is -2.26. The molecule has 0 fully saturated rings. The number of rotatable bonds is 7. The molecule has 3 aromatic carbocycles. The Bertz CT molecular complexity index is 1330. The summed E-state index contributed by atoms with van der Waals surface area (Å²) < 4.78 is 6.50. The molecule has 33 heavy (non-hydrogen) atoms. The first-order chi connectivity index (χ1) is 16.0. The highest BCUT2D eigenvalue weighted by Crippen LogP contribution is 2.25. The summed E-state index contributed by atoms with van der Waals surface area (Å²) in [7, 11) is 3.32. The van der Waals surface area contributed by atoms with Crippen molar-refractivity contribution in [3.05, 3.63) is 100 Å². The molecule has 0 unspecified atom stereocenters. The van der Waals surface area contributed by atoms with Gasteiger partial charge in [0, 0.05) is 20.0 Å². The van der Waals surface area contributed by atoms with Crippen LogP contribution in [0.15, 0.2) is 77.6 Å². The molecular formula is C27H27N3O3. The van der Waals surface area contributed by atoms with Gasteiger partial charge >= 0.3 is 5.97 Å². The molecular weight excluding hydrogens is 414 g/mol. The number of nitrogens with zero attached hydrogens (tertiary/aromatic N) is 3. The van der Waals surface area contributed by atoms with E-state index in [-0.39, 0.29) is 11.5 Å². The molecule has 0 spiro atoms. The average molecular weight is 442 g/mol. The molecule has 0 atom stereocenters. The number of ether oxygens (including phenoxy) is 1. The summed E-state index contributed by atoms with van der Waals surface area (Å²) in [5.41, 5.74) is 3.78. The van der Waals surface area contributed by atoms with Gasteiger partial charge in [0.15, 0.2) is 0 Å². The summed E-state index contributed by atoms with van der Waals surface area (Å²) in [6, 6.07) is 22.7. The van der Waals surface area contributed by atoms with E-state index in [0.29, 0.717) is 29.4 Å². The molecule has 4 aromatic rings. The molecule has 168 valence electrons. The minimum Gasteiger partial charge on any atom is -0.465 e. The number of aromatic nitrogens is 2. The van der Waals surface area contributed by atoms with Crippen LogP contribution in [-0.2, 0) is 17.7 Å². The van der Waals surface area contributed by atoms with E-state index in [4.69, 9.17) is 9.72 Å². The minimum atomic E-state index is -0.362. The van der Waals surface area contributed by atoms with Crippen molar-refractivity contribution in [2.24, 2.45) is 0 Å². The molecule has 0 aliphatic rings. The topological polar surface area (TPSA) is 64.4 Å². The van der Waals surface area contributed by atoms with Gasteiger partial charge in [-0.3, -0.25) is 9.36 Å². The van der Waals surface area contributed by atoms with Gasteiger partial charge in [-0.05, 0) is 48.4 Å². The number of fused-ring (bicyclic) bond motifs is 1. The number of para-hydroxylation sites is 1. The van der Waals surface area contributed by atoms with Crippen molar-refractivity contribution in [3.63, 3.8) is 0 Å². The van der Waals surface area contributed by atoms with E-state index in [1.165, 1.54) is 7.11 Å². The Morgan fingerprint density at radius 3 is 2.39 bits per heavy atom. The molecule has 0 saturated carbocycles. The second kappa shape index (κ2) is 9.69. The first-order valence-corrected chi connectivity index (χ1v) is 11.0. The fraction of sp³-hybridized carbons (Fsp3) is 0.222. The monoisotopic (exact) mass is 441 g/mol. The molecule has 0 aliphatic carbocycles. The summed E-state index contributed by atoms with van der Waals surface area (Å²) in [5.74, 6) is 0.402. The first-order valence-electron chi connectivity index (χ1n) is 11.0. The number of benzene rings is 3. The molecule has 6 nitrogen and oxygen atoms in total. The maximum absolute atomic E-state index is 13.8. The van der Waals surface area contributed by atoms with Crippen molar-refractivity contribution in [2.75, 3.05) is 19.1 Å². The number of hydrogen-bond donors (Lipinski definition) is 0. The van der Waals surface area contributed by atoms with E-state index >= 15 is 0 Å². The van der Waals surface area contributed by atoms with Crippen molar-refractivity contribution in [3.8, 4) is 5.69 Å². The average Bonchev–Trinajstić information content (AvgIpc) is 2.84. The summed E-state index contributed by atoms with van der Waals surface area (Å²) >= 11 is 0. The number of anilines is 1. The summed E-state index contributed by atoms with van der Waals surface area (Å²) in [6.45, 7) is 2.66. The van der Waals surface area contributed by atoms with Gasteiger partial charge in [-0.25, -0.2) is 9.78 Å². The maximum atomic E-state index is 13.8. The predicted molar refractivity (Wildman–Crippen MR) is 131 cm³/mol. The van der Waals surface area contributed by atoms with Crippen molar-refractivity contribution in [1.29, 1.82) is 0 Å². The SMILES string of the molecule is CCCc1nc2cccc(N(C)Cc3ccc(C(=O)OC)cc3)c2c(=O)n1-c1ccccc1. The van der Waals surface area contributed by atoms with Crippen LogP contribution in [0.2, 0.25) is 0 Å². The Morgan fingerprint density at radius 2 is 1.73 bits per heavy atom. The van der Waals surface area contributed by atoms with Crippen molar-refractivity contribution < 1.29 is 9.53 Å². The predicted octanol–water partition coefficient (Wildman–Crippen LogP) is 4.76. The standard InChI is InChI=1S/C27H27N3O3/c1-4-9-24-28-22-12-8-13-23(25(22)26(31)30(24)21-10-6-5-7-11-21)29(2)18-19-14-16-20(17-15-19)27(32)33-3/h5-8,10-17H,4,9,18H2,1-3H3. The number of carbonyl (C=O) groups excluding carboxylic acids is 1. The fourth-order valence-electron chi connectivity index (χ4n) is 4.03. The Balaban J connectivity index is 1.78. The van der Waals surface area contributed by atoms with Gasteiger partial charge in [-0.15, -0.1) is 0 Å². The smallest absolute Gasteiger partial charge is 0.337 e. The van der Waals surface area contributed by atoms with Gasteiger partial charge in [-0.1, -0.05) is 43.3 Å². The van der Waals surface area contributed by atoms with E-state index in [1.807, 2.05) is 72.6 Å². The van der Waals surface area contributed by atoms with E-state index < -0.39 is 0 Å². The molecule has 0 saturated heterocycles. The third kappa shape index (κ3) is 4.51. The van der Waals surface area contributed by atoms with Gasteiger partial charge in [-0.2, -0.15) is 0 Å². The van der Waals surface area contributed by atoms with Crippen LogP contribution in [0, 0.1) is 0 Å². The van der Waals surface area contributed by atoms with Crippen molar-refractivity contribution in [1.82, 2.24) is 9.55 Å². The van der Waals surface area contributed by atoms with E-state index in [9.17, 15) is 9.59 Å². The normalized spacial score (nSPS) is 10.9. The first kappa shape index (κ1) is 22.3. The van der Waals surface area contributed by atoms with Gasteiger partial charge < -0.3 is 9.64 Å². The molecule has 0 bridgehead atoms. The zero-order valence-electron chi connectivity index (χ0n) is 19.1. The lowest BCUT2D eigenvalue weighted by Gasteiger charge is -2.22. The van der Waals surface area contributed by atoms with Gasteiger partial charge in [0.05, 0.1) is 35.0 Å². The molecule has 4 rings (SSSR count). The van der Waals surface area contributed by atoms with Crippen LogP contribution in [0.25, 0.3) is 16.6 Å². The zero-order chi connectivity index (χ0) is 23.4. The second-order valence-corrected chi connectivity index (χ2v) is 7.97. The lowest BCUT2D eigenvalue weighted by atomic mass is 10.1. The minimum absolute atomic E-state index is 0.0712. The van der Waals surface area contributed by atoms with Crippen molar-refractivity contribution in [2.45, 2.75) is 26.3 Å². The molecule has 0 radical (unpaired) electrons. The lowest BCUT2D eigenvalue weighted by molar-refractivity contribution is 0.0600. The third-order valence-electron chi connectivity index (χ3n) is 5.64. The molecule has 0 amide bonds. The zero-order valence-corrected chi connectivity index (χ0v) is 19.1. The Morgan fingerprint density at radius 1 is 1.00 bits per heavy atom. The Hall–Kier alpha value is -3.93. The quantitative estimate of drug-likeness (QED) is 0.387. The maximum Gasteiger partial charge on any atom is 0.337 e. The summed E-state index contributed by atoms with van der Waals surface area (Å²) in [5, 5.41) is 0.592.